The molecular weight excluding hydrogens is 371 g/mol. The molecule has 27 heavy (non-hydrogen) atoms. The van der Waals surface area contributed by atoms with Crippen LogP contribution in [0.15, 0.2) is 42.5 Å². The van der Waals surface area contributed by atoms with Crippen molar-refractivity contribution in [3.63, 3.8) is 0 Å². The Kier molecular flexibility index (Phi) is 4.86. The van der Waals surface area contributed by atoms with Gasteiger partial charge in [-0.05, 0) is 36.8 Å². The first-order valence-corrected chi connectivity index (χ1v) is 7.89. The van der Waals surface area contributed by atoms with Gasteiger partial charge < -0.3 is 10.6 Å². The van der Waals surface area contributed by atoms with Crippen molar-refractivity contribution in [3.8, 4) is 0 Å². The lowest BCUT2D eigenvalue weighted by Crippen LogP contribution is -2.21. The lowest BCUT2D eigenvalue weighted by Gasteiger charge is -2.10. The van der Waals surface area contributed by atoms with Crippen LogP contribution < -0.4 is 10.6 Å². The van der Waals surface area contributed by atoms with Crippen LogP contribution >= 0.6 is 0 Å². The number of rotatable bonds is 4. The van der Waals surface area contributed by atoms with Gasteiger partial charge in [-0.15, -0.1) is 0 Å². The summed E-state index contributed by atoms with van der Waals surface area (Å²) in [6, 6.07) is 7.01. The Hall–Kier alpha value is -2.97. The van der Waals surface area contributed by atoms with E-state index in [0.29, 0.717) is 0 Å². The zero-order valence-electron chi connectivity index (χ0n) is 13.6. The number of halogens is 5. The Morgan fingerprint density at radius 3 is 2.00 bits per heavy atom. The van der Waals surface area contributed by atoms with Gasteiger partial charge in [-0.1, -0.05) is 6.07 Å². The lowest BCUT2D eigenvalue weighted by molar-refractivity contribution is -0.137. The molecule has 0 spiro atoms. The van der Waals surface area contributed by atoms with Gasteiger partial charge >= 0.3 is 6.18 Å². The molecule has 1 fully saturated rings. The van der Waals surface area contributed by atoms with Crippen LogP contribution in [0.3, 0.4) is 0 Å². The third-order valence-electron chi connectivity index (χ3n) is 4.11. The molecule has 4 nitrogen and oxygen atoms in total. The largest absolute Gasteiger partial charge is 0.416 e. The topological polar surface area (TPSA) is 58.2 Å². The fraction of sp³-hybridized carbons (Fsp3) is 0.222. The summed E-state index contributed by atoms with van der Waals surface area (Å²) in [5, 5.41) is 4.73. The van der Waals surface area contributed by atoms with E-state index in [1.54, 1.807) is 0 Å². The van der Waals surface area contributed by atoms with E-state index in [2.05, 4.69) is 10.6 Å². The number of hydrogen-bond acceptors (Lipinski definition) is 2. The van der Waals surface area contributed by atoms with E-state index in [1.807, 2.05) is 0 Å². The molecule has 2 atom stereocenters. The first kappa shape index (κ1) is 18.8. The third-order valence-corrected chi connectivity index (χ3v) is 4.11. The first-order chi connectivity index (χ1) is 12.6. The van der Waals surface area contributed by atoms with Gasteiger partial charge in [0.15, 0.2) is 11.6 Å². The van der Waals surface area contributed by atoms with E-state index < -0.39 is 47.0 Å². The highest BCUT2D eigenvalue weighted by Gasteiger charge is 2.48. The quantitative estimate of drug-likeness (QED) is 0.777. The summed E-state index contributed by atoms with van der Waals surface area (Å²) in [5.74, 6) is -4.71. The molecule has 2 amide bonds. The molecule has 3 rings (SSSR count). The molecule has 0 aromatic heterocycles. The van der Waals surface area contributed by atoms with Crippen LogP contribution in [-0.2, 0) is 15.8 Å². The Bertz CT molecular complexity index is 898. The van der Waals surface area contributed by atoms with Crippen LogP contribution in [0.1, 0.15) is 12.0 Å². The molecular formula is C18H13F5N2O2. The van der Waals surface area contributed by atoms with Crippen LogP contribution in [-0.4, -0.2) is 11.8 Å². The second kappa shape index (κ2) is 6.98. The number of benzene rings is 2. The van der Waals surface area contributed by atoms with Crippen LogP contribution in [0.25, 0.3) is 0 Å². The number of carbonyl (C=O) groups is 2. The molecule has 1 saturated carbocycles. The number of nitrogens with one attached hydrogen (secondary N) is 2. The zero-order valence-corrected chi connectivity index (χ0v) is 13.6. The SMILES string of the molecule is O=C(Nc1cccc(C(F)(F)F)c1)C1CC1C(=O)Nc1ccc(F)c(F)c1. The van der Waals surface area contributed by atoms with Crippen molar-refractivity contribution < 1.29 is 31.5 Å². The van der Waals surface area contributed by atoms with Crippen LogP contribution in [0.4, 0.5) is 33.3 Å². The number of hydrogen-bond donors (Lipinski definition) is 2. The van der Waals surface area contributed by atoms with Crippen molar-refractivity contribution in [2.75, 3.05) is 10.6 Å². The maximum atomic E-state index is 13.1. The van der Waals surface area contributed by atoms with Crippen molar-refractivity contribution in [2.24, 2.45) is 11.8 Å². The van der Waals surface area contributed by atoms with E-state index in [1.165, 1.54) is 18.2 Å². The molecule has 2 N–H and O–H groups in total. The summed E-state index contributed by atoms with van der Waals surface area (Å²) in [5.41, 5.74) is -0.881. The normalized spacial score (nSPS) is 18.7. The van der Waals surface area contributed by atoms with Crippen molar-refractivity contribution in [3.05, 3.63) is 59.7 Å². The second-order valence-electron chi connectivity index (χ2n) is 6.13. The Morgan fingerprint density at radius 1 is 0.852 bits per heavy atom. The number of carbonyl (C=O) groups excluding carboxylic acids is 2. The summed E-state index contributed by atoms with van der Waals surface area (Å²) < 4.78 is 64.1. The summed E-state index contributed by atoms with van der Waals surface area (Å²) in [6.07, 6.45) is -4.33. The highest BCUT2D eigenvalue weighted by atomic mass is 19.4. The van der Waals surface area contributed by atoms with Crippen molar-refractivity contribution >= 4 is 23.2 Å². The molecule has 0 radical (unpaired) electrons. The maximum Gasteiger partial charge on any atom is 0.416 e. The minimum atomic E-state index is -4.53. The lowest BCUT2D eigenvalue weighted by atomic mass is 10.2. The van der Waals surface area contributed by atoms with Gasteiger partial charge in [0, 0.05) is 17.4 Å². The molecule has 1 aliphatic rings. The highest BCUT2D eigenvalue weighted by Crippen LogP contribution is 2.40. The smallest absolute Gasteiger partial charge is 0.326 e. The summed E-state index contributed by atoms with van der Waals surface area (Å²) >= 11 is 0. The zero-order chi connectivity index (χ0) is 19.8. The average Bonchev–Trinajstić information content (AvgIpc) is 3.39. The van der Waals surface area contributed by atoms with Crippen molar-refractivity contribution in [1.29, 1.82) is 0 Å². The molecule has 1 aliphatic carbocycles. The number of amides is 2. The molecule has 0 heterocycles. The fourth-order valence-corrected chi connectivity index (χ4v) is 2.59. The van der Waals surface area contributed by atoms with Gasteiger partial charge in [0.1, 0.15) is 0 Å². The van der Waals surface area contributed by atoms with Gasteiger partial charge in [0.2, 0.25) is 11.8 Å². The summed E-state index contributed by atoms with van der Waals surface area (Å²) in [4.78, 5) is 24.2. The highest BCUT2D eigenvalue weighted by molar-refractivity contribution is 6.03. The average molecular weight is 384 g/mol. The van der Waals surface area contributed by atoms with Crippen LogP contribution in [0.2, 0.25) is 0 Å². The van der Waals surface area contributed by atoms with Crippen LogP contribution in [0.5, 0.6) is 0 Å². The molecule has 0 bridgehead atoms. The van der Waals surface area contributed by atoms with E-state index >= 15 is 0 Å². The number of anilines is 2. The third kappa shape index (κ3) is 4.42. The predicted molar refractivity (Wildman–Crippen MR) is 86.7 cm³/mol. The molecule has 2 unspecified atom stereocenters. The van der Waals surface area contributed by atoms with E-state index in [4.69, 9.17) is 0 Å². The van der Waals surface area contributed by atoms with E-state index in [0.717, 1.165) is 24.3 Å². The standard InChI is InChI=1S/C18H13F5N2O2/c19-14-5-4-11(7-15(14)20)25-17(27)13-8-12(13)16(26)24-10-3-1-2-9(6-10)18(21,22)23/h1-7,12-13H,8H2,(H,24,26)(H,25,27). The molecule has 0 aliphatic heterocycles. The van der Waals surface area contributed by atoms with E-state index in [-0.39, 0.29) is 17.8 Å². The second-order valence-corrected chi connectivity index (χ2v) is 6.13. The molecule has 9 heteroatoms. The first-order valence-electron chi connectivity index (χ1n) is 7.89. The van der Waals surface area contributed by atoms with Gasteiger partial charge in [0.25, 0.3) is 0 Å². The van der Waals surface area contributed by atoms with Gasteiger partial charge in [-0.3, -0.25) is 9.59 Å². The van der Waals surface area contributed by atoms with Crippen LogP contribution in [0, 0.1) is 23.5 Å². The molecule has 2 aromatic carbocycles. The van der Waals surface area contributed by atoms with Gasteiger partial charge in [-0.2, -0.15) is 13.2 Å². The van der Waals surface area contributed by atoms with E-state index in [9.17, 15) is 31.5 Å². The van der Waals surface area contributed by atoms with Gasteiger partial charge in [-0.25, -0.2) is 8.78 Å². The Labute approximate surface area is 150 Å². The predicted octanol–water partition coefficient (Wildman–Crippen LogP) is 4.20. The molecule has 2 aromatic rings. The minimum Gasteiger partial charge on any atom is -0.326 e. The van der Waals surface area contributed by atoms with Crippen molar-refractivity contribution in [2.45, 2.75) is 12.6 Å². The van der Waals surface area contributed by atoms with Gasteiger partial charge in [0.05, 0.1) is 17.4 Å². The Morgan fingerprint density at radius 2 is 1.44 bits per heavy atom. The monoisotopic (exact) mass is 384 g/mol. The molecule has 142 valence electrons. The summed E-state index contributed by atoms with van der Waals surface area (Å²) in [6.45, 7) is 0. The minimum absolute atomic E-state index is 0.0264. The number of alkyl halides is 3. The molecule has 0 saturated heterocycles. The van der Waals surface area contributed by atoms with Crippen molar-refractivity contribution in [1.82, 2.24) is 0 Å². The summed E-state index contributed by atoms with van der Waals surface area (Å²) in [7, 11) is 0. The maximum absolute atomic E-state index is 13.1. The fourth-order valence-electron chi connectivity index (χ4n) is 2.59. The Balaban J connectivity index is 1.58.